The molecule has 0 saturated carbocycles. The summed E-state index contributed by atoms with van der Waals surface area (Å²) in [4.78, 5) is 0. The number of rotatable bonds is 19. The molecule has 0 amide bonds. The lowest BCUT2D eigenvalue weighted by molar-refractivity contribution is 0.195. The molecule has 0 heterocycles. The molecule has 0 atom stereocenters. The van der Waals surface area contributed by atoms with Crippen molar-refractivity contribution in [3.63, 3.8) is 0 Å². The summed E-state index contributed by atoms with van der Waals surface area (Å²) in [5.41, 5.74) is 41.8. The minimum Gasteiger partial charge on any atom is -0.496 e. The first-order valence-corrected chi connectivity index (χ1v) is 19.8. The van der Waals surface area contributed by atoms with E-state index in [1.807, 2.05) is 69.3 Å². The summed E-state index contributed by atoms with van der Waals surface area (Å²) in [6, 6.07) is 25.4. The van der Waals surface area contributed by atoms with Gasteiger partial charge < -0.3 is 88.6 Å². The topological polar surface area (TPSA) is 304 Å². The van der Waals surface area contributed by atoms with Crippen molar-refractivity contribution in [1.82, 2.24) is 0 Å². The van der Waals surface area contributed by atoms with Gasteiger partial charge in [-0.3, -0.25) is 0 Å². The average Bonchev–Trinajstić information content (AvgIpc) is 3.24. The SMILES string of the molecule is COc1ccc(NCCO)cc1C.Cc1ccc(OCCCOc2ccc(N)cc2N)c(N)c1.Cc1ccc(OCCO)c(N)c1.Nc1cc(N)c(OCCO)cc1OCCO. The fourth-order valence-corrected chi connectivity index (χ4v) is 5.22. The van der Waals surface area contributed by atoms with E-state index in [4.69, 9.17) is 83.2 Å². The number of hydrogen-bond donors (Lipinski definition) is 11. The molecule has 0 aliphatic carbocycles. The standard InChI is InChI=1S/C16H21N3O2.C10H16N2O4.C10H15NO2.C9H13NO2/c1-11-3-5-15(13(18)9-11)20-7-2-8-21-16-6-4-12(17)10-14(16)19;11-7-5-8(12)10(16-4-2-14)6-9(7)15-3-1-13;1-8-7-9(11-5-6-12)3-4-10(8)13-2;1-7-2-3-9(8(10)6-7)12-5-4-11/h3-6,9-10H,2,7-8,17-19H2,1H3;5-6,13-14H,1-4,11-12H2;3-4,7,11-12H,5-6H2,1-2H3;2-3,6,11H,4-5,10H2,1H3. The highest BCUT2D eigenvalue weighted by atomic mass is 16.5. The fourth-order valence-electron chi connectivity index (χ4n) is 5.22. The normalized spacial score (nSPS) is 10.1. The van der Waals surface area contributed by atoms with E-state index in [1.54, 1.807) is 31.4 Å². The van der Waals surface area contributed by atoms with Gasteiger partial charge in [0.1, 0.15) is 54.3 Å². The summed E-state index contributed by atoms with van der Waals surface area (Å²) >= 11 is 0. The van der Waals surface area contributed by atoms with Crippen LogP contribution in [0.2, 0.25) is 0 Å². The molecule has 0 bridgehead atoms. The average molecular weight is 864 g/mol. The highest BCUT2D eigenvalue weighted by Gasteiger charge is 2.08. The Balaban J connectivity index is 0.000000292. The number of nitrogens with two attached hydrogens (primary N) is 6. The molecule has 62 heavy (non-hydrogen) atoms. The molecular formula is C45H65N7O10. The maximum Gasteiger partial charge on any atom is 0.146 e. The van der Waals surface area contributed by atoms with Crippen molar-refractivity contribution in [1.29, 1.82) is 0 Å². The fraction of sp³-hybridized carbons (Fsp3) is 0.333. The molecule has 5 aromatic carbocycles. The Kier molecular flexibility index (Phi) is 23.9. The summed E-state index contributed by atoms with van der Waals surface area (Å²) in [7, 11) is 1.66. The molecule has 340 valence electrons. The molecule has 17 nitrogen and oxygen atoms in total. The van der Waals surface area contributed by atoms with Crippen LogP contribution in [0.15, 0.2) is 84.9 Å². The third-order valence-electron chi connectivity index (χ3n) is 8.19. The molecule has 0 radical (unpaired) electrons. The van der Waals surface area contributed by atoms with Crippen LogP contribution < -0.4 is 68.1 Å². The third-order valence-corrected chi connectivity index (χ3v) is 8.19. The number of nitrogen functional groups attached to an aromatic ring is 6. The first-order valence-electron chi connectivity index (χ1n) is 19.8. The summed E-state index contributed by atoms with van der Waals surface area (Å²) in [5.74, 6) is 3.66. The van der Waals surface area contributed by atoms with Gasteiger partial charge in [-0.2, -0.15) is 0 Å². The minimum absolute atomic E-state index is 0.00726. The van der Waals surface area contributed by atoms with Gasteiger partial charge in [0, 0.05) is 30.4 Å². The number of methoxy groups -OCH3 is 1. The Morgan fingerprint density at radius 2 is 0.855 bits per heavy atom. The molecule has 0 unspecified atom stereocenters. The molecule has 0 aliphatic heterocycles. The van der Waals surface area contributed by atoms with Gasteiger partial charge in [-0.1, -0.05) is 12.1 Å². The van der Waals surface area contributed by atoms with Gasteiger partial charge in [-0.15, -0.1) is 0 Å². The van der Waals surface area contributed by atoms with Crippen LogP contribution >= 0.6 is 0 Å². The van der Waals surface area contributed by atoms with Gasteiger partial charge in [-0.25, -0.2) is 0 Å². The number of ether oxygens (including phenoxy) is 6. The Labute approximate surface area is 364 Å². The molecule has 0 spiro atoms. The lowest BCUT2D eigenvalue weighted by atomic mass is 10.2. The highest BCUT2D eigenvalue weighted by Crippen LogP contribution is 2.33. The molecule has 5 aromatic rings. The van der Waals surface area contributed by atoms with E-state index in [0.717, 1.165) is 34.5 Å². The predicted molar refractivity (Wildman–Crippen MR) is 248 cm³/mol. The Bertz CT molecular complexity index is 1970. The molecule has 17 heteroatoms. The number of nitrogens with one attached hydrogen (secondary N) is 1. The van der Waals surface area contributed by atoms with Crippen LogP contribution in [0.4, 0.5) is 39.8 Å². The quantitative estimate of drug-likeness (QED) is 0.0401. The van der Waals surface area contributed by atoms with Gasteiger partial charge in [0.05, 0.1) is 75.2 Å². The van der Waals surface area contributed by atoms with Gasteiger partial charge >= 0.3 is 0 Å². The molecule has 0 saturated heterocycles. The Hall–Kier alpha value is -6.66. The van der Waals surface area contributed by atoms with Crippen LogP contribution in [0.25, 0.3) is 0 Å². The van der Waals surface area contributed by atoms with Crippen molar-refractivity contribution in [2.75, 3.05) is 113 Å². The van der Waals surface area contributed by atoms with Crippen LogP contribution in [-0.2, 0) is 0 Å². The summed E-state index contributed by atoms with van der Waals surface area (Å²) in [6.45, 7) is 8.09. The second-order valence-corrected chi connectivity index (χ2v) is 13.4. The van der Waals surface area contributed by atoms with Crippen LogP contribution in [0.3, 0.4) is 0 Å². The van der Waals surface area contributed by atoms with Crippen LogP contribution in [0.1, 0.15) is 23.1 Å². The van der Waals surface area contributed by atoms with Crippen molar-refractivity contribution < 1.29 is 48.8 Å². The zero-order chi connectivity index (χ0) is 45.9. The van der Waals surface area contributed by atoms with Crippen molar-refractivity contribution in [3.05, 3.63) is 102 Å². The lowest BCUT2D eigenvalue weighted by Crippen LogP contribution is -2.07. The zero-order valence-corrected chi connectivity index (χ0v) is 36.1. The maximum atomic E-state index is 8.63. The molecule has 0 aliphatic rings. The van der Waals surface area contributed by atoms with Crippen molar-refractivity contribution in [2.45, 2.75) is 27.2 Å². The number of benzene rings is 5. The van der Waals surface area contributed by atoms with Crippen molar-refractivity contribution in [2.24, 2.45) is 0 Å². The number of hydrogen-bond acceptors (Lipinski definition) is 17. The number of aliphatic hydroxyl groups is 4. The van der Waals surface area contributed by atoms with Gasteiger partial charge in [0.2, 0.25) is 0 Å². The van der Waals surface area contributed by atoms with E-state index in [-0.39, 0.29) is 46.2 Å². The third kappa shape index (κ3) is 19.2. The van der Waals surface area contributed by atoms with E-state index >= 15 is 0 Å². The van der Waals surface area contributed by atoms with E-state index in [1.165, 1.54) is 12.1 Å². The Morgan fingerprint density at radius 1 is 0.435 bits per heavy atom. The lowest BCUT2D eigenvalue weighted by Gasteiger charge is -2.12. The second-order valence-electron chi connectivity index (χ2n) is 13.4. The maximum absolute atomic E-state index is 8.63. The van der Waals surface area contributed by atoms with Crippen LogP contribution in [-0.4, -0.2) is 93.5 Å². The second kappa shape index (κ2) is 28.7. The first kappa shape index (κ1) is 51.5. The van der Waals surface area contributed by atoms with E-state index in [0.29, 0.717) is 82.6 Å². The van der Waals surface area contributed by atoms with E-state index < -0.39 is 0 Å². The molecule has 0 fully saturated rings. The first-order chi connectivity index (χ1) is 29.8. The highest BCUT2D eigenvalue weighted by molar-refractivity contribution is 5.67. The molecule has 17 N–H and O–H groups in total. The van der Waals surface area contributed by atoms with Crippen LogP contribution in [0.5, 0.6) is 34.5 Å². The summed E-state index contributed by atoms with van der Waals surface area (Å²) in [5, 5.41) is 37.5. The van der Waals surface area contributed by atoms with Gasteiger partial charge in [0.15, 0.2) is 0 Å². The van der Waals surface area contributed by atoms with Gasteiger partial charge in [-0.05, 0) is 104 Å². The Morgan fingerprint density at radius 3 is 1.27 bits per heavy atom. The molecule has 5 rings (SSSR count). The van der Waals surface area contributed by atoms with Gasteiger partial charge in [0.25, 0.3) is 0 Å². The molecule has 0 aromatic heterocycles. The zero-order valence-electron chi connectivity index (χ0n) is 36.1. The number of aliphatic hydroxyl groups excluding tert-OH is 4. The summed E-state index contributed by atoms with van der Waals surface area (Å²) in [6.07, 6.45) is 0.733. The number of anilines is 7. The summed E-state index contributed by atoms with van der Waals surface area (Å²) < 4.78 is 31.9. The van der Waals surface area contributed by atoms with Crippen molar-refractivity contribution >= 4 is 39.8 Å². The van der Waals surface area contributed by atoms with E-state index in [9.17, 15) is 0 Å². The predicted octanol–water partition coefficient (Wildman–Crippen LogP) is 4.54. The van der Waals surface area contributed by atoms with E-state index in [2.05, 4.69) is 5.32 Å². The minimum atomic E-state index is -0.101. The van der Waals surface area contributed by atoms with Crippen LogP contribution in [0, 0.1) is 20.8 Å². The smallest absolute Gasteiger partial charge is 0.146 e. The van der Waals surface area contributed by atoms with Crippen molar-refractivity contribution in [3.8, 4) is 34.5 Å². The largest absolute Gasteiger partial charge is 0.496 e. The number of aryl methyl sites for hydroxylation is 3. The monoisotopic (exact) mass is 863 g/mol. The molecular weight excluding hydrogens is 799 g/mol.